The Hall–Kier alpha value is -1.94. The zero-order valence-corrected chi connectivity index (χ0v) is 72.6. The number of rotatable bonds is 85. The van der Waals surface area contributed by atoms with Gasteiger partial charge in [-0.2, -0.15) is 0 Å². The molecule has 0 fully saturated rings. The molecule has 0 radical (unpaired) electrons. The van der Waals surface area contributed by atoms with E-state index in [2.05, 4.69) is 55.4 Å². The Balaban J connectivity index is 5.26. The maximum absolute atomic E-state index is 13.2. The topological polar surface area (TPSA) is 237 Å². The van der Waals surface area contributed by atoms with Crippen LogP contribution in [0.25, 0.3) is 0 Å². The minimum atomic E-state index is -4.97. The normalized spacial score (nSPS) is 14.4. The van der Waals surface area contributed by atoms with Crippen molar-refractivity contribution in [3.63, 3.8) is 0 Å². The molecule has 0 aliphatic rings. The van der Waals surface area contributed by atoms with Crippen molar-refractivity contribution in [3.05, 3.63) is 0 Å². The number of carbonyl (C=O) groups excluding carboxylic acids is 4. The van der Waals surface area contributed by atoms with Gasteiger partial charge in [0.05, 0.1) is 26.4 Å². The Bertz CT molecular complexity index is 2080. The number of ether oxygens (including phenoxy) is 4. The second-order valence-corrected chi connectivity index (χ2v) is 36.0. The van der Waals surface area contributed by atoms with Crippen LogP contribution in [-0.4, -0.2) is 96.7 Å². The number of hydrogen-bond donors (Lipinski definition) is 3. The lowest BCUT2D eigenvalue weighted by molar-refractivity contribution is -0.161. The van der Waals surface area contributed by atoms with Crippen molar-refractivity contribution in [2.75, 3.05) is 39.6 Å². The smallest absolute Gasteiger partial charge is 0.462 e. The summed E-state index contributed by atoms with van der Waals surface area (Å²) in [6, 6.07) is 0. The molecular formula is C88H172O17P2. The van der Waals surface area contributed by atoms with Gasteiger partial charge in [-0.3, -0.25) is 37.3 Å². The van der Waals surface area contributed by atoms with Crippen LogP contribution in [0.15, 0.2) is 0 Å². The molecule has 17 nitrogen and oxygen atoms in total. The molecule has 0 aromatic rings. The van der Waals surface area contributed by atoms with E-state index in [9.17, 15) is 43.2 Å². The van der Waals surface area contributed by atoms with E-state index in [0.29, 0.717) is 25.7 Å². The third kappa shape index (κ3) is 79.1. The molecule has 107 heavy (non-hydrogen) atoms. The zero-order chi connectivity index (χ0) is 78.8. The molecule has 0 spiro atoms. The predicted octanol–water partition coefficient (Wildman–Crippen LogP) is 26.7. The van der Waals surface area contributed by atoms with Gasteiger partial charge in [-0.15, -0.1) is 0 Å². The van der Waals surface area contributed by atoms with Gasteiger partial charge in [0, 0.05) is 25.7 Å². The fraction of sp³-hybridized carbons (Fsp3) is 0.955. The summed E-state index contributed by atoms with van der Waals surface area (Å²) in [5.74, 6) is 1.13. The predicted molar refractivity (Wildman–Crippen MR) is 441 cm³/mol. The second-order valence-electron chi connectivity index (χ2n) is 33.1. The number of phosphoric ester groups is 2. The van der Waals surface area contributed by atoms with Crippen molar-refractivity contribution in [2.45, 2.75) is 478 Å². The molecule has 0 saturated heterocycles. The molecule has 0 rings (SSSR count). The van der Waals surface area contributed by atoms with Gasteiger partial charge in [-0.25, -0.2) is 9.13 Å². The van der Waals surface area contributed by atoms with Crippen LogP contribution in [0.3, 0.4) is 0 Å². The van der Waals surface area contributed by atoms with E-state index >= 15 is 0 Å². The van der Waals surface area contributed by atoms with E-state index in [0.717, 1.165) is 114 Å². The number of hydrogen-bond acceptors (Lipinski definition) is 15. The van der Waals surface area contributed by atoms with Crippen molar-refractivity contribution in [1.29, 1.82) is 0 Å². The van der Waals surface area contributed by atoms with Crippen LogP contribution in [-0.2, 0) is 65.4 Å². The highest BCUT2D eigenvalue weighted by Gasteiger charge is 2.31. The zero-order valence-electron chi connectivity index (χ0n) is 70.8. The number of aliphatic hydroxyl groups excluding tert-OH is 1. The van der Waals surface area contributed by atoms with Gasteiger partial charge in [-0.05, 0) is 49.4 Å². The highest BCUT2D eigenvalue weighted by molar-refractivity contribution is 7.47. The Labute approximate surface area is 658 Å². The third-order valence-electron chi connectivity index (χ3n) is 21.3. The molecule has 0 saturated carbocycles. The molecule has 0 heterocycles. The highest BCUT2D eigenvalue weighted by Crippen LogP contribution is 2.45. The average molecular weight is 1560 g/mol. The van der Waals surface area contributed by atoms with Crippen LogP contribution in [0, 0.1) is 23.7 Å². The quantitative estimate of drug-likeness (QED) is 0.0222. The largest absolute Gasteiger partial charge is 0.472 e. The first-order valence-corrected chi connectivity index (χ1v) is 48.3. The number of carbonyl (C=O) groups is 4. The van der Waals surface area contributed by atoms with Crippen LogP contribution in [0.1, 0.15) is 460 Å². The number of aliphatic hydroxyl groups is 1. The van der Waals surface area contributed by atoms with Crippen LogP contribution in [0.4, 0.5) is 0 Å². The van der Waals surface area contributed by atoms with E-state index in [-0.39, 0.29) is 25.7 Å². The first-order valence-electron chi connectivity index (χ1n) is 45.3. The summed E-state index contributed by atoms with van der Waals surface area (Å²) >= 11 is 0. The third-order valence-corrected chi connectivity index (χ3v) is 23.2. The maximum Gasteiger partial charge on any atom is 0.472 e. The Morgan fingerprint density at radius 3 is 0.664 bits per heavy atom. The van der Waals surface area contributed by atoms with Gasteiger partial charge in [0.2, 0.25) is 0 Å². The SMILES string of the molecule is CCC(C)CCCCCCCCCCCCCCCCCCCCC(=O)O[C@H](COC(=O)CCCCCCCCCCCCCCCCC(C)C)COP(=O)(O)OC[C@@H](O)COP(=O)(O)OC[C@@H](COC(=O)CCCCCCCCCCC(C)CC)OC(=O)CCCCCCCCCCCCCCCC(C)C. The van der Waals surface area contributed by atoms with Gasteiger partial charge in [-0.1, -0.05) is 409 Å². The second kappa shape index (κ2) is 76.7. The first kappa shape index (κ1) is 105. The first-order chi connectivity index (χ1) is 51.7. The summed E-state index contributed by atoms with van der Waals surface area (Å²) in [7, 11) is -9.93. The van der Waals surface area contributed by atoms with Crippen LogP contribution in [0.2, 0.25) is 0 Å². The lowest BCUT2D eigenvalue weighted by atomic mass is 9.99. The van der Waals surface area contributed by atoms with Crippen molar-refractivity contribution >= 4 is 39.5 Å². The standard InChI is InChI=1S/C88H172O17P2/c1-9-80(7)66-58-50-42-34-28-22-15-13-11-12-14-16-24-30-36-46-54-62-70-87(92)104-83(74-98-85(90)68-60-52-44-35-29-23-18-17-20-26-32-40-48-56-64-78(3)4)76-102-106(94,95)100-72-82(89)73-101-107(96,97)103-77-84(75-99-86(91)69-61-53-45-39-38-43-51-59-67-81(8)10-2)105-88(93)71-63-55-47-37-31-25-19-21-27-33-41-49-57-65-79(5)6/h78-84,89H,9-77H2,1-8H3,(H,94,95)(H,96,97)/t80?,81?,82-,83-,84-/m1/s1. The van der Waals surface area contributed by atoms with E-state index in [1.54, 1.807) is 0 Å². The summed E-state index contributed by atoms with van der Waals surface area (Å²) in [6.45, 7) is 14.4. The summed E-state index contributed by atoms with van der Waals surface area (Å²) < 4.78 is 69.0. The summed E-state index contributed by atoms with van der Waals surface area (Å²) in [5, 5.41) is 10.7. The summed E-state index contributed by atoms with van der Waals surface area (Å²) in [6.07, 6.45) is 66.5. The summed E-state index contributed by atoms with van der Waals surface area (Å²) in [4.78, 5) is 73.3. The Morgan fingerprint density at radius 2 is 0.449 bits per heavy atom. The maximum atomic E-state index is 13.2. The number of esters is 4. The van der Waals surface area contributed by atoms with Crippen LogP contribution in [0.5, 0.6) is 0 Å². The molecule has 4 unspecified atom stereocenters. The molecular weight excluding hydrogens is 1390 g/mol. The van der Waals surface area contributed by atoms with E-state index in [1.165, 1.54) is 263 Å². The molecule has 0 amide bonds. The highest BCUT2D eigenvalue weighted by atomic mass is 31.2. The molecule has 7 atom stereocenters. The van der Waals surface area contributed by atoms with Crippen LogP contribution >= 0.6 is 15.6 Å². The summed E-state index contributed by atoms with van der Waals surface area (Å²) in [5.41, 5.74) is 0. The molecule has 0 aromatic carbocycles. The molecule has 0 aromatic heterocycles. The lowest BCUT2D eigenvalue weighted by Gasteiger charge is -2.21. The number of phosphoric acid groups is 2. The van der Waals surface area contributed by atoms with Crippen molar-refractivity contribution in [2.24, 2.45) is 23.7 Å². The van der Waals surface area contributed by atoms with E-state index in [1.807, 2.05) is 0 Å². The lowest BCUT2D eigenvalue weighted by Crippen LogP contribution is -2.30. The van der Waals surface area contributed by atoms with Crippen molar-refractivity contribution in [3.8, 4) is 0 Å². The van der Waals surface area contributed by atoms with Gasteiger partial charge in [0.1, 0.15) is 19.3 Å². The van der Waals surface area contributed by atoms with Gasteiger partial charge < -0.3 is 33.8 Å². The Morgan fingerprint density at radius 1 is 0.262 bits per heavy atom. The monoisotopic (exact) mass is 1560 g/mol. The van der Waals surface area contributed by atoms with Crippen molar-refractivity contribution in [1.82, 2.24) is 0 Å². The molecule has 636 valence electrons. The van der Waals surface area contributed by atoms with Gasteiger partial charge in [0.25, 0.3) is 0 Å². The molecule has 3 N–H and O–H groups in total. The van der Waals surface area contributed by atoms with E-state index < -0.39 is 97.5 Å². The fourth-order valence-corrected chi connectivity index (χ4v) is 15.2. The molecule has 19 heteroatoms. The van der Waals surface area contributed by atoms with Crippen molar-refractivity contribution < 1.29 is 80.2 Å². The Kier molecular flexibility index (Phi) is 75.3. The fourth-order valence-electron chi connectivity index (χ4n) is 13.6. The number of unbranched alkanes of at least 4 members (excludes halogenated alkanes) is 49. The van der Waals surface area contributed by atoms with E-state index in [4.69, 9.17) is 37.0 Å². The minimum Gasteiger partial charge on any atom is -0.462 e. The van der Waals surface area contributed by atoms with Gasteiger partial charge in [0.15, 0.2) is 12.2 Å². The molecule has 0 aliphatic heterocycles. The van der Waals surface area contributed by atoms with Gasteiger partial charge >= 0.3 is 39.5 Å². The van der Waals surface area contributed by atoms with Crippen LogP contribution < -0.4 is 0 Å². The minimum absolute atomic E-state index is 0.107. The molecule has 0 aliphatic carbocycles. The molecule has 0 bridgehead atoms. The average Bonchev–Trinajstić information content (AvgIpc) is 0.900.